The van der Waals surface area contributed by atoms with Crippen molar-refractivity contribution in [2.45, 2.75) is 25.7 Å². The number of fused-ring (bicyclic) bond motifs is 1. The van der Waals surface area contributed by atoms with Crippen molar-refractivity contribution in [3.05, 3.63) is 54.0 Å². The van der Waals surface area contributed by atoms with Crippen molar-refractivity contribution in [2.75, 3.05) is 24.6 Å². The minimum atomic E-state index is -0.328. The van der Waals surface area contributed by atoms with Crippen molar-refractivity contribution in [1.29, 1.82) is 0 Å². The molecule has 3 heterocycles. The number of rotatable bonds is 4. The van der Waals surface area contributed by atoms with E-state index in [1.165, 1.54) is 0 Å². The minimum Gasteiger partial charge on any atom is -0.462 e. The molecule has 0 saturated carbocycles. The van der Waals surface area contributed by atoms with E-state index in [-0.39, 0.29) is 5.97 Å². The summed E-state index contributed by atoms with van der Waals surface area (Å²) >= 11 is 0. The number of H-pyrrole nitrogens is 1. The van der Waals surface area contributed by atoms with E-state index >= 15 is 0 Å². The summed E-state index contributed by atoms with van der Waals surface area (Å²) in [6, 6.07) is 11.8. The number of nitrogens with zero attached hydrogens (tertiary/aromatic N) is 3. The molecule has 1 fully saturated rings. The Balaban J connectivity index is 1.50. The van der Waals surface area contributed by atoms with Gasteiger partial charge in [0, 0.05) is 25.2 Å². The number of nitrogens with one attached hydrogen (secondary N) is 1. The zero-order valence-electron chi connectivity index (χ0n) is 14.8. The largest absolute Gasteiger partial charge is 0.462 e. The molecule has 6 heteroatoms. The molecular weight excluding hydrogens is 328 g/mol. The summed E-state index contributed by atoms with van der Waals surface area (Å²) in [6.45, 7) is 3.99. The first kappa shape index (κ1) is 16.6. The van der Waals surface area contributed by atoms with Crippen LogP contribution in [0.1, 0.15) is 41.9 Å². The lowest BCUT2D eigenvalue weighted by atomic mass is 9.97. The van der Waals surface area contributed by atoms with Gasteiger partial charge in [-0.05, 0) is 44.0 Å². The molecule has 0 amide bonds. The monoisotopic (exact) mass is 350 g/mol. The van der Waals surface area contributed by atoms with Crippen molar-refractivity contribution in [3.63, 3.8) is 0 Å². The summed E-state index contributed by atoms with van der Waals surface area (Å²) in [5, 5.41) is 0. The van der Waals surface area contributed by atoms with Crippen LogP contribution in [-0.4, -0.2) is 40.6 Å². The Bertz CT molecular complexity index is 871. The highest BCUT2D eigenvalue weighted by Crippen LogP contribution is 2.29. The molecule has 0 radical (unpaired) electrons. The Kier molecular flexibility index (Phi) is 4.56. The van der Waals surface area contributed by atoms with Crippen LogP contribution in [0.4, 0.5) is 5.82 Å². The van der Waals surface area contributed by atoms with Crippen LogP contribution in [0.3, 0.4) is 0 Å². The molecule has 1 atom stereocenters. The van der Waals surface area contributed by atoms with Crippen LogP contribution in [0.5, 0.6) is 0 Å². The van der Waals surface area contributed by atoms with Crippen LogP contribution in [0, 0.1) is 0 Å². The molecule has 1 N–H and O–H groups in total. The van der Waals surface area contributed by atoms with E-state index in [9.17, 15) is 4.79 Å². The van der Waals surface area contributed by atoms with Gasteiger partial charge in [-0.25, -0.2) is 14.8 Å². The molecule has 0 aliphatic carbocycles. The average Bonchev–Trinajstić information content (AvgIpc) is 3.13. The first-order valence-electron chi connectivity index (χ1n) is 9.07. The summed E-state index contributed by atoms with van der Waals surface area (Å²) in [7, 11) is 0. The fourth-order valence-corrected chi connectivity index (χ4v) is 3.48. The zero-order valence-corrected chi connectivity index (χ0v) is 14.8. The summed E-state index contributed by atoms with van der Waals surface area (Å²) in [5.41, 5.74) is 2.58. The lowest BCUT2D eigenvalue weighted by Gasteiger charge is -2.32. The number of benzene rings is 1. The Morgan fingerprint density at radius 1 is 1.31 bits per heavy atom. The lowest BCUT2D eigenvalue weighted by Crippen LogP contribution is -2.35. The fourth-order valence-electron chi connectivity index (χ4n) is 3.48. The first-order chi connectivity index (χ1) is 12.7. The van der Waals surface area contributed by atoms with Gasteiger partial charge in [0.05, 0.1) is 23.2 Å². The van der Waals surface area contributed by atoms with Crippen LogP contribution < -0.4 is 4.90 Å². The number of carbonyl (C=O) groups is 1. The molecule has 1 saturated heterocycles. The summed E-state index contributed by atoms with van der Waals surface area (Å²) in [6.07, 6.45) is 3.79. The van der Waals surface area contributed by atoms with Gasteiger partial charge in [-0.1, -0.05) is 12.1 Å². The van der Waals surface area contributed by atoms with Crippen molar-refractivity contribution >= 4 is 22.8 Å². The zero-order chi connectivity index (χ0) is 17.9. The predicted molar refractivity (Wildman–Crippen MR) is 100 cm³/mol. The summed E-state index contributed by atoms with van der Waals surface area (Å²) in [4.78, 5) is 26.7. The number of anilines is 1. The molecule has 0 unspecified atom stereocenters. The maximum Gasteiger partial charge on any atom is 0.339 e. The topological polar surface area (TPSA) is 71.1 Å². The van der Waals surface area contributed by atoms with E-state index in [1.807, 2.05) is 24.3 Å². The lowest BCUT2D eigenvalue weighted by molar-refractivity contribution is 0.0526. The fraction of sp³-hybridized carbons (Fsp3) is 0.350. The number of esters is 1. The number of para-hydroxylation sites is 2. The molecule has 6 nitrogen and oxygen atoms in total. The quantitative estimate of drug-likeness (QED) is 0.729. The van der Waals surface area contributed by atoms with Crippen LogP contribution in [-0.2, 0) is 4.74 Å². The highest BCUT2D eigenvalue weighted by atomic mass is 16.5. The van der Waals surface area contributed by atoms with E-state index in [0.717, 1.165) is 48.6 Å². The molecule has 0 spiro atoms. The van der Waals surface area contributed by atoms with E-state index in [2.05, 4.69) is 20.9 Å². The smallest absolute Gasteiger partial charge is 0.339 e. The van der Waals surface area contributed by atoms with Gasteiger partial charge in [0.2, 0.25) is 0 Å². The number of carbonyl (C=O) groups excluding carboxylic acids is 1. The Labute approximate surface area is 152 Å². The summed E-state index contributed by atoms with van der Waals surface area (Å²) in [5.74, 6) is 1.95. The standard InChI is InChI=1S/C20H22N4O2/c1-2-26-20(25)14-9-10-18(21-12-14)24-11-5-6-15(13-24)19-22-16-7-3-4-8-17(16)23-19/h3-4,7-10,12,15H,2,5-6,11,13H2,1H3,(H,22,23)/t15-/m0/s1. The average molecular weight is 350 g/mol. The summed E-state index contributed by atoms with van der Waals surface area (Å²) < 4.78 is 5.01. The van der Waals surface area contributed by atoms with Gasteiger partial charge in [0.15, 0.2) is 0 Å². The van der Waals surface area contributed by atoms with Gasteiger partial charge < -0.3 is 14.6 Å². The maximum atomic E-state index is 11.8. The number of pyridine rings is 1. The third-order valence-corrected chi connectivity index (χ3v) is 4.80. The molecule has 0 bridgehead atoms. The second kappa shape index (κ2) is 7.15. The van der Waals surface area contributed by atoms with E-state index in [1.54, 1.807) is 19.2 Å². The number of imidazole rings is 1. The first-order valence-corrected chi connectivity index (χ1v) is 9.07. The predicted octanol–water partition coefficient (Wildman–Crippen LogP) is 3.52. The number of piperidine rings is 1. The van der Waals surface area contributed by atoms with Crippen LogP contribution in [0.15, 0.2) is 42.6 Å². The molecule has 4 rings (SSSR count). The second-order valence-electron chi connectivity index (χ2n) is 6.55. The van der Waals surface area contributed by atoms with Crippen molar-refractivity contribution in [1.82, 2.24) is 15.0 Å². The Morgan fingerprint density at radius 3 is 2.96 bits per heavy atom. The number of hydrogen-bond donors (Lipinski definition) is 1. The third kappa shape index (κ3) is 3.27. The SMILES string of the molecule is CCOC(=O)c1ccc(N2CCC[C@H](c3nc4ccccc4[nH]3)C2)nc1. The maximum absolute atomic E-state index is 11.8. The molecular formula is C20H22N4O2. The highest BCUT2D eigenvalue weighted by Gasteiger charge is 2.24. The Hall–Kier alpha value is -2.89. The number of ether oxygens (including phenoxy) is 1. The molecule has 1 aliphatic rings. The van der Waals surface area contributed by atoms with Crippen LogP contribution >= 0.6 is 0 Å². The van der Waals surface area contributed by atoms with Gasteiger partial charge in [0.25, 0.3) is 0 Å². The van der Waals surface area contributed by atoms with E-state index in [0.29, 0.717) is 18.1 Å². The molecule has 1 aliphatic heterocycles. The van der Waals surface area contributed by atoms with Crippen molar-refractivity contribution in [3.8, 4) is 0 Å². The minimum absolute atomic E-state index is 0.328. The third-order valence-electron chi connectivity index (χ3n) is 4.80. The number of aromatic amines is 1. The van der Waals surface area contributed by atoms with Gasteiger partial charge in [0.1, 0.15) is 11.6 Å². The number of hydrogen-bond acceptors (Lipinski definition) is 5. The molecule has 26 heavy (non-hydrogen) atoms. The second-order valence-corrected chi connectivity index (χ2v) is 6.55. The van der Waals surface area contributed by atoms with E-state index in [4.69, 9.17) is 9.72 Å². The van der Waals surface area contributed by atoms with Gasteiger partial charge in [-0.15, -0.1) is 0 Å². The van der Waals surface area contributed by atoms with Crippen molar-refractivity contribution in [2.24, 2.45) is 0 Å². The van der Waals surface area contributed by atoms with Gasteiger partial charge in [-0.2, -0.15) is 0 Å². The molecule has 1 aromatic carbocycles. The van der Waals surface area contributed by atoms with Crippen LogP contribution in [0.2, 0.25) is 0 Å². The Morgan fingerprint density at radius 2 is 2.19 bits per heavy atom. The van der Waals surface area contributed by atoms with Crippen molar-refractivity contribution < 1.29 is 9.53 Å². The van der Waals surface area contributed by atoms with E-state index < -0.39 is 0 Å². The van der Waals surface area contributed by atoms with Gasteiger partial charge >= 0.3 is 5.97 Å². The number of aromatic nitrogens is 3. The van der Waals surface area contributed by atoms with Gasteiger partial charge in [-0.3, -0.25) is 0 Å². The van der Waals surface area contributed by atoms with Crippen LogP contribution in [0.25, 0.3) is 11.0 Å². The molecule has 2 aromatic heterocycles. The molecule has 3 aromatic rings. The molecule has 134 valence electrons. The normalized spacial score (nSPS) is 17.4. The highest BCUT2D eigenvalue weighted by molar-refractivity contribution is 5.89.